The van der Waals surface area contributed by atoms with Crippen LogP contribution in [0.4, 0.5) is 17.1 Å². The number of non-ortho nitro benzene ring substituents is 1. The van der Waals surface area contributed by atoms with Crippen LogP contribution in [0.1, 0.15) is 77.6 Å². The summed E-state index contributed by atoms with van der Waals surface area (Å²) in [4.78, 5) is 20.6. The second kappa shape index (κ2) is 37.8. The highest BCUT2D eigenvalue weighted by molar-refractivity contribution is 5.65. The Labute approximate surface area is 316 Å². The zero-order valence-electron chi connectivity index (χ0n) is 32.1. The summed E-state index contributed by atoms with van der Waals surface area (Å²) in [5.74, 6) is 0. The SMILES string of the molecule is CCCCCCCCCCCCCOCCOCCOCCOCCOCCOCCOCCOCCOCCNc1ccc([N+](=O)[O-])cc1[N+](=O)[O-]. The first-order valence-electron chi connectivity index (χ1n) is 19.4. The Morgan fingerprint density at radius 3 is 1.15 bits per heavy atom. The van der Waals surface area contributed by atoms with Crippen LogP contribution in [0.15, 0.2) is 18.2 Å². The average molecular weight is 762 g/mol. The zero-order chi connectivity index (χ0) is 38.3. The number of nitro groups is 2. The van der Waals surface area contributed by atoms with Crippen molar-refractivity contribution < 1.29 is 52.5 Å². The third-order valence-corrected chi connectivity index (χ3v) is 7.82. The number of nitrogens with one attached hydrogen (secondary N) is 1. The minimum atomic E-state index is -0.677. The fourth-order valence-electron chi connectivity index (χ4n) is 4.92. The number of rotatable bonds is 42. The van der Waals surface area contributed by atoms with E-state index in [1.807, 2.05) is 0 Å². The number of ether oxygens (including phenoxy) is 9. The molecule has 0 atom stereocenters. The van der Waals surface area contributed by atoms with E-state index in [9.17, 15) is 20.2 Å². The van der Waals surface area contributed by atoms with Crippen molar-refractivity contribution in [3.05, 3.63) is 38.4 Å². The molecule has 1 N–H and O–H groups in total. The fraction of sp³-hybridized carbons (Fsp3) is 0.838. The molecule has 0 spiro atoms. The minimum Gasteiger partial charge on any atom is -0.379 e. The van der Waals surface area contributed by atoms with Crippen molar-refractivity contribution in [2.75, 3.05) is 131 Å². The molecule has 0 amide bonds. The molecule has 0 radical (unpaired) electrons. The standard InChI is InChI=1S/C37H67N3O13/c1-2-3-4-5-6-7-8-9-10-11-12-16-45-18-20-47-22-24-49-26-28-51-30-32-53-33-31-52-29-27-50-25-23-48-21-19-46-17-15-38-36-14-13-35(39(41)42)34-37(36)40(43)44/h13-14,34,38H,2-12,15-33H2,1H3. The maximum atomic E-state index is 11.2. The van der Waals surface area contributed by atoms with Gasteiger partial charge in [0.25, 0.3) is 11.4 Å². The van der Waals surface area contributed by atoms with E-state index in [4.69, 9.17) is 42.6 Å². The molecule has 0 saturated heterocycles. The van der Waals surface area contributed by atoms with Crippen LogP contribution in [0, 0.1) is 20.2 Å². The number of nitrogens with zero attached hydrogens (tertiary/aromatic N) is 2. The van der Waals surface area contributed by atoms with Crippen LogP contribution in [0.3, 0.4) is 0 Å². The van der Waals surface area contributed by atoms with Gasteiger partial charge in [0, 0.05) is 19.2 Å². The first kappa shape index (κ1) is 48.5. The number of nitro benzene ring substituents is 2. The van der Waals surface area contributed by atoms with Crippen molar-refractivity contribution in [1.29, 1.82) is 0 Å². The smallest absolute Gasteiger partial charge is 0.299 e. The summed E-state index contributed by atoms with van der Waals surface area (Å²) < 4.78 is 49.5. The van der Waals surface area contributed by atoms with Gasteiger partial charge < -0.3 is 47.9 Å². The van der Waals surface area contributed by atoms with Gasteiger partial charge in [-0.2, -0.15) is 0 Å². The van der Waals surface area contributed by atoms with Crippen molar-refractivity contribution in [3.8, 4) is 0 Å². The lowest BCUT2D eigenvalue weighted by Gasteiger charge is -2.09. The van der Waals surface area contributed by atoms with Gasteiger partial charge in [-0.3, -0.25) is 20.2 Å². The lowest BCUT2D eigenvalue weighted by molar-refractivity contribution is -0.393. The molecule has 0 aromatic heterocycles. The molecular formula is C37H67N3O13. The first-order chi connectivity index (χ1) is 26.1. The van der Waals surface area contributed by atoms with Gasteiger partial charge in [0.1, 0.15) is 5.69 Å². The third kappa shape index (κ3) is 31.5. The van der Waals surface area contributed by atoms with E-state index in [1.165, 1.54) is 76.3 Å². The van der Waals surface area contributed by atoms with Crippen molar-refractivity contribution in [2.45, 2.75) is 77.6 Å². The largest absolute Gasteiger partial charge is 0.379 e. The van der Waals surface area contributed by atoms with Gasteiger partial charge in [0.05, 0.1) is 128 Å². The molecule has 0 bridgehead atoms. The Morgan fingerprint density at radius 1 is 0.453 bits per heavy atom. The van der Waals surface area contributed by atoms with E-state index in [-0.39, 0.29) is 23.7 Å². The lowest BCUT2D eigenvalue weighted by atomic mass is 10.1. The average Bonchev–Trinajstić information content (AvgIpc) is 3.15. The third-order valence-electron chi connectivity index (χ3n) is 7.82. The van der Waals surface area contributed by atoms with E-state index in [0.29, 0.717) is 112 Å². The van der Waals surface area contributed by atoms with Gasteiger partial charge in [-0.15, -0.1) is 0 Å². The molecule has 1 aromatic rings. The highest BCUT2D eigenvalue weighted by atomic mass is 16.6. The van der Waals surface area contributed by atoms with E-state index >= 15 is 0 Å². The Hall–Kier alpha value is -2.54. The van der Waals surface area contributed by atoms with Gasteiger partial charge in [-0.25, -0.2) is 0 Å². The molecule has 0 heterocycles. The van der Waals surface area contributed by atoms with Gasteiger partial charge >= 0.3 is 0 Å². The number of benzene rings is 1. The van der Waals surface area contributed by atoms with Gasteiger partial charge in [0.15, 0.2) is 0 Å². The summed E-state index contributed by atoms with van der Waals surface area (Å²) in [6.45, 7) is 11.4. The van der Waals surface area contributed by atoms with Crippen LogP contribution in [0.5, 0.6) is 0 Å². The second-order valence-corrected chi connectivity index (χ2v) is 12.2. The van der Waals surface area contributed by atoms with E-state index in [2.05, 4.69) is 12.2 Å². The molecular weight excluding hydrogens is 694 g/mol. The minimum absolute atomic E-state index is 0.190. The lowest BCUT2D eigenvalue weighted by Crippen LogP contribution is -2.15. The van der Waals surface area contributed by atoms with E-state index < -0.39 is 9.85 Å². The molecule has 0 fully saturated rings. The van der Waals surface area contributed by atoms with Gasteiger partial charge in [0.2, 0.25) is 0 Å². The van der Waals surface area contributed by atoms with Crippen molar-refractivity contribution in [2.24, 2.45) is 0 Å². The normalized spacial score (nSPS) is 11.3. The summed E-state index contributed by atoms with van der Waals surface area (Å²) in [7, 11) is 0. The Balaban J connectivity index is 1.70. The predicted octanol–water partition coefficient (Wildman–Crippen LogP) is 6.38. The molecule has 308 valence electrons. The Morgan fingerprint density at radius 2 is 0.792 bits per heavy atom. The highest BCUT2D eigenvalue weighted by Crippen LogP contribution is 2.28. The molecule has 0 aliphatic rings. The molecule has 16 nitrogen and oxygen atoms in total. The van der Waals surface area contributed by atoms with E-state index in [0.717, 1.165) is 19.1 Å². The molecule has 0 aliphatic carbocycles. The maximum Gasteiger partial charge on any atom is 0.299 e. The van der Waals surface area contributed by atoms with Crippen molar-refractivity contribution in [3.63, 3.8) is 0 Å². The summed E-state index contributed by atoms with van der Waals surface area (Å²) in [5.41, 5.74) is -0.513. The van der Waals surface area contributed by atoms with Crippen molar-refractivity contribution >= 4 is 17.1 Å². The highest BCUT2D eigenvalue weighted by Gasteiger charge is 2.19. The number of hydrogen-bond acceptors (Lipinski definition) is 14. The van der Waals surface area contributed by atoms with Gasteiger partial charge in [-0.1, -0.05) is 71.1 Å². The number of unbranched alkanes of at least 4 members (excludes halogenated alkanes) is 10. The van der Waals surface area contributed by atoms with Crippen LogP contribution in [0.2, 0.25) is 0 Å². The predicted molar refractivity (Wildman–Crippen MR) is 202 cm³/mol. The zero-order valence-corrected chi connectivity index (χ0v) is 32.1. The molecule has 16 heteroatoms. The first-order valence-corrected chi connectivity index (χ1v) is 19.4. The van der Waals surface area contributed by atoms with Crippen LogP contribution in [0.25, 0.3) is 0 Å². The topological polar surface area (TPSA) is 181 Å². The Bertz CT molecular complexity index is 993. The molecule has 1 aromatic carbocycles. The summed E-state index contributed by atoms with van der Waals surface area (Å²) in [6.07, 6.45) is 14.7. The monoisotopic (exact) mass is 761 g/mol. The van der Waals surface area contributed by atoms with Crippen LogP contribution in [-0.2, 0) is 42.6 Å². The fourth-order valence-corrected chi connectivity index (χ4v) is 4.92. The number of hydrogen-bond donors (Lipinski definition) is 1. The van der Waals surface area contributed by atoms with Crippen LogP contribution < -0.4 is 5.32 Å². The van der Waals surface area contributed by atoms with Gasteiger partial charge in [-0.05, 0) is 12.5 Å². The molecule has 53 heavy (non-hydrogen) atoms. The quantitative estimate of drug-likeness (QED) is 0.0440. The molecule has 0 aliphatic heterocycles. The summed E-state index contributed by atoms with van der Waals surface area (Å²) in [6, 6.07) is 3.44. The summed E-state index contributed by atoms with van der Waals surface area (Å²) in [5, 5.41) is 24.8. The van der Waals surface area contributed by atoms with E-state index in [1.54, 1.807) is 0 Å². The van der Waals surface area contributed by atoms with Crippen LogP contribution >= 0.6 is 0 Å². The van der Waals surface area contributed by atoms with Crippen molar-refractivity contribution in [1.82, 2.24) is 0 Å². The molecule has 0 unspecified atom stereocenters. The number of anilines is 1. The van der Waals surface area contributed by atoms with Crippen LogP contribution in [-0.4, -0.2) is 135 Å². The maximum absolute atomic E-state index is 11.2. The second-order valence-electron chi connectivity index (χ2n) is 12.2. The molecule has 0 saturated carbocycles. The summed E-state index contributed by atoms with van der Waals surface area (Å²) >= 11 is 0. The molecule has 1 rings (SSSR count). The Kier molecular flexibility index (Phi) is 34.5.